The van der Waals surface area contributed by atoms with Gasteiger partial charge in [0, 0.05) is 47.1 Å². The van der Waals surface area contributed by atoms with Crippen LogP contribution < -0.4 is 10.2 Å². The first-order valence-corrected chi connectivity index (χ1v) is 14.4. The van der Waals surface area contributed by atoms with Crippen LogP contribution in [0.5, 0.6) is 5.75 Å². The number of nitrogens with one attached hydrogen (secondary N) is 2. The van der Waals surface area contributed by atoms with Crippen molar-refractivity contribution in [3.63, 3.8) is 0 Å². The summed E-state index contributed by atoms with van der Waals surface area (Å²) in [4.78, 5) is 18.4. The van der Waals surface area contributed by atoms with E-state index in [9.17, 15) is 5.11 Å². The third-order valence-electron chi connectivity index (χ3n) is 9.07. The topological polar surface area (TPSA) is 106 Å². The van der Waals surface area contributed by atoms with Crippen LogP contribution in [0, 0.1) is 0 Å². The predicted molar refractivity (Wildman–Crippen MR) is 152 cm³/mol. The van der Waals surface area contributed by atoms with Gasteiger partial charge in [-0.15, -0.1) is 10.2 Å². The molecule has 0 unspecified atom stereocenters. The normalized spacial score (nSPS) is 21.4. The Kier molecular flexibility index (Phi) is 6.40. The lowest BCUT2D eigenvalue weighted by atomic mass is 9.91. The van der Waals surface area contributed by atoms with Gasteiger partial charge < -0.3 is 25.2 Å². The molecule has 3 N–H and O–H groups in total. The summed E-state index contributed by atoms with van der Waals surface area (Å²) in [6, 6.07) is 10.2. The maximum Gasteiger partial charge on any atom is 0.160 e. The zero-order valence-corrected chi connectivity index (χ0v) is 22.5. The van der Waals surface area contributed by atoms with Crippen molar-refractivity contribution >= 4 is 16.9 Å². The first-order valence-electron chi connectivity index (χ1n) is 14.4. The highest BCUT2D eigenvalue weighted by atomic mass is 16.3. The summed E-state index contributed by atoms with van der Waals surface area (Å²) in [5.74, 6) is 1.62. The molecule has 0 aliphatic carbocycles. The van der Waals surface area contributed by atoms with Crippen molar-refractivity contribution in [1.82, 2.24) is 35.4 Å². The summed E-state index contributed by atoms with van der Waals surface area (Å²) in [7, 11) is 0. The van der Waals surface area contributed by atoms with Crippen LogP contribution in [0.1, 0.15) is 61.5 Å². The number of phenolic OH excluding ortho intramolecular Hbond substituents is 1. The Morgan fingerprint density at radius 2 is 1.77 bits per heavy atom. The first kappa shape index (κ1) is 24.5. The van der Waals surface area contributed by atoms with E-state index in [1.54, 1.807) is 6.07 Å². The molecule has 0 amide bonds. The molecular weight excluding hydrogens is 488 g/mol. The largest absolute Gasteiger partial charge is 0.507 e. The summed E-state index contributed by atoms with van der Waals surface area (Å²) in [5, 5.41) is 23.7. The third-order valence-corrected chi connectivity index (χ3v) is 9.07. The second-order valence-electron chi connectivity index (χ2n) is 11.2. The molecule has 0 radical (unpaired) electrons. The van der Waals surface area contributed by atoms with E-state index in [0.717, 1.165) is 80.6 Å². The minimum atomic E-state index is 0.109. The molecule has 1 aromatic carbocycles. The van der Waals surface area contributed by atoms with Crippen LogP contribution in [0.2, 0.25) is 0 Å². The number of aromatic hydroxyl groups is 1. The van der Waals surface area contributed by atoms with Crippen molar-refractivity contribution in [2.45, 2.75) is 57.0 Å². The number of likely N-dealkylation sites (tertiary alicyclic amines) is 1. The lowest BCUT2D eigenvalue weighted by Gasteiger charge is -2.39. The number of aromatic amines is 1. The van der Waals surface area contributed by atoms with Gasteiger partial charge in [0.05, 0.1) is 29.8 Å². The van der Waals surface area contributed by atoms with E-state index in [2.05, 4.69) is 37.2 Å². The van der Waals surface area contributed by atoms with Gasteiger partial charge in [0.15, 0.2) is 5.65 Å². The van der Waals surface area contributed by atoms with Crippen molar-refractivity contribution in [2.24, 2.45) is 0 Å². The first-order chi connectivity index (χ1) is 19.2. The van der Waals surface area contributed by atoms with Crippen LogP contribution in [0.15, 0.2) is 42.7 Å². The van der Waals surface area contributed by atoms with Crippen molar-refractivity contribution in [3.05, 3.63) is 59.7 Å². The van der Waals surface area contributed by atoms with Gasteiger partial charge in [0.1, 0.15) is 11.6 Å². The van der Waals surface area contributed by atoms with Gasteiger partial charge in [-0.2, -0.15) is 0 Å². The predicted octanol–water partition coefficient (Wildman–Crippen LogP) is 4.18. The van der Waals surface area contributed by atoms with Crippen LogP contribution in [0.3, 0.4) is 0 Å². The molecule has 0 bridgehead atoms. The maximum absolute atomic E-state index is 10.4. The van der Waals surface area contributed by atoms with E-state index < -0.39 is 0 Å². The van der Waals surface area contributed by atoms with Crippen LogP contribution >= 0.6 is 0 Å². The van der Waals surface area contributed by atoms with Crippen LogP contribution in [0.25, 0.3) is 22.3 Å². The van der Waals surface area contributed by atoms with Crippen LogP contribution in [-0.2, 0) is 6.42 Å². The Hall–Kier alpha value is -3.56. The van der Waals surface area contributed by atoms with E-state index >= 15 is 0 Å². The number of para-hydroxylation sites is 1. The number of hydrogen-bond donors (Lipinski definition) is 3. The number of phenols is 1. The molecule has 3 aromatic heterocycles. The number of H-pyrrole nitrogens is 1. The van der Waals surface area contributed by atoms with Gasteiger partial charge in [-0.25, -0.2) is 4.98 Å². The van der Waals surface area contributed by atoms with Crippen LogP contribution in [0.4, 0.5) is 5.82 Å². The number of piperidine rings is 2. The van der Waals surface area contributed by atoms with E-state index in [-0.39, 0.29) is 11.8 Å². The smallest absolute Gasteiger partial charge is 0.160 e. The average molecular weight is 525 g/mol. The van der Waals surface area contributed by atoms with E-state index in [1.807, 2.05) is 36.7 Å². The number of anilines is 1. The number of aromatic nitrogens is 5. The Morgan fingerprint density at radius 1 is 0.949 bits per heavy atom. The Morgan fingerprint density at radius 3 is 2.54 bits per heavy atom. The highest BCUT2D eigenvalue weighted by Crippen LogP contribution is 2.39. The molecule has 7 rings (SSSR count). The summed E-state index contributed by atoms with van der Waals surface area (Å²) in [6.07, 6.45) is 9.73. The lowest BCUT2D eigenvalue weighted by Crippen LogP contribution is -2.46. The van der Waals surface area contributed by atoms with Gasteiger partial charge in [-0.05, 0) is 77.0 Å². The Balaban J connectivity index is 1.09. The molecule has 202 valence electrons. The van der Waals surface area contributed by atoms with E-state index in [0.29, 0.717) is 17.2 Å². The van der Waals surface area contributed by atoms with E-state index in [4.69, 9.17) is 9.97 Å². The molecule has 0 saturated carbocycles. The molecule has 1 atom stereocenters. The van der Waals surface area contributed by atoms with Crippen molar-refractivity contribution in [3.8, 4) is 17.0 Å². The molecular formula is C30H36N8O. The fourth-order valence-electron chi connectivity index (χ4n) is 6.88. The minimum Gasteiger partial charge on any atom is -0.507 e. The van der Waals surface area contributed by atoms with Crippen molar-refractivity contribution < 1.29 is 5.11 Å². The quantitative estimate of drug-likeness (QED) is 0.365. The second-order valence-corrected chi connectivity index (χ2v) is 11.2. The van der Waals surface area contributed by atoms with Gasteiger partial charge in [-0.1, -0.05) is 12.1 Å². The molecule has 9 heteroatoms. The fourth-order valence-corrected chi connectivity index (χ4v) is 6.88. The molecule has 2 saturated heterocycles. The van der Waals surface area contributed by atoms with Crippen LogP contribution in [-0.4, -0.2) is 73.9 Å². The zero-order valence-electron chi connectivity index (χ0n) is 22.5. The average Bonchev–Trinajstić information content (AvgIpc) is 3.37. The third kappa shape index (κ3) is 4.53. The fraction of sp³-hybridized carbons (Fsp3) is 0.467. The zero-order chi connectivity index (χ0) is 26.3. The number of hydrogen-bond acceptors (Lipinski definition) is 8. The molecule has 4 aromatic rings. The van der Waals surface area contributed by atoms with Gasteiger partial charge in [-0.3, -0.25) is 4.98 Å². The Bertz CT molecular complexity index is 1450. The standard InChI is InChI=1S/C30H36N8O/c1-19-29-23-16-25(22-4-2-3-5-27(22)39)35-36-30(23)34-24(29)10-15-38(19)28-18-32-26(17-33-28)20-8-13-37(14-9-20)21-6-11-31-12-7-21/h2-5,16-21,31,39H,6-15H2,1H3,(H,34,36)/t19-/m1/s1. The molecule has 6 heterocycles. The van der Waals surface area contributed by atoms with Gasteiger partial charge in [0.25, 0.3) is 0 Å². The number of benzene rings is 1. The molecule has 2 fully saturated rings. The lowest BCUT2D eigenvalue weighted by molar-refractivity contribution is 0.126. The Labute approximate surface area is 228 Å². The summed E-state index contributed by atoms with van der Waals surface area (Å²) in [6.45, 7) is 7.71. The summed E-state index contributed by atoms with van der Waals surface area (Å²) in [5.41, 5.74) is 5.68. The molecule has 3 aliphatic rings. The molecule has 3 aliphatic heterocycles. The van der Waals surface area contributed by atoms with Crippen molar-refractivity contribution in [2.75, 3.05) is 37.6 Å². The highest BCUT2D eigenvalue weighted by molar-refractivity contribution is 5.86. The van der Waals surface area contributed by atoms with Gasteiger partial charge >= 0.3 is 0 Å². The highest BCUT2D eigenvalue weighted by Gasteiger charge is 2.31. The summed E-state index contributed by atoms with van der Waals surface area (Å²) < 4.78 is 0. The molecule has 39 heavy (non-hydrogen) atoms. The monoisotopic (exact) mass is 524 g/mol. The molecule has 9 nitrogen and oxygen atoms in total. The number of rotatable bonds is 4. The number of nitrogens with zero attached hydrogens (tertiary/aromatic N) is 6. The number of fused-ring (bicyclic) bond motifs is 3. The van der Waals surface area contributed by atoms with E-state index in [1.165, 1.54) is 24.1 Å². The minimum absolute atomic E-state index is 0.109. The van der Waals surface area contributed by atoms with Gasteiger partial charge in [0.2, 0.25) is 0 Å². The SMILES string of the molecule is C[C@@H]1c2c([nH]c3nnc(-c4ccccc4O)cc23)CCN1c1cnc(C2CCN(C3CCNCC3)CC2)cn1. The second kappa shape index (κ2) is 10.2. The molecule has 0 spiro atoms. The van der Waals surface area contributed by atoms with Crippen molar-refractivity contribution in [1.29, 1.82) is 0 Å². The maximum atomic E-state index is 10.4. The summed E-state index contributed by atoms with van der Waals surface area (Å²) >= 11 is 0.